The van der Waals surface area contributed by atoms with Crippen LogP contribution in [0, 0.1) is 0 Å². The second kappa shape index (κ2) is 11.3. The Bertz CT molecular complexity index is 904. The Morgan fingerprint density at radius 2 is 0.409 bits per heavy atom. The Hall–Kier alpha value is 1.04. The molecule has 0 N–H and O–H groups in total. The molecule has 0 unspecified atom stereocenters. The van der Waals surface area contributed by atoms with Crippen molar-refractivity contribution in [1.29, 1.82) is 0 Å². The van der Waals surface area contributed by atoms with Gasteiger partial charge < -0.3 is 0 Å². The minimum Gasteiger partial charge on any atom is -0.0931 e. The summed E-state index contributed by atoms with van der Waals surface area (Å²) in [5, 5.41) is 2.71. The van der Waals surface area contributed by atoms with Crippen molar-refractivity contribution in [3.63, 3.8) is 0 Å². The van der Waals surface area contributed by atoms with E-state index in [1.807, 2.05) is 0 Å². The fraction of sp³-hybridized carbons (Fsp3) is 0.947. The first-order valence-corrected chi connectivity index (χ1v) is 33.0. The minimum atomic E-state index is -1.99. The predicted molar refractivity (Wildman–Crippen MR) is 226 cm³/mol. The molecule has 1 aliphatic heterocycles. The normalized spacial score (nSPS) is 18.3. The van der Waals surface area contributed by atoms with Gasteiger partial charge >= 0.3 is 0 Å². The number of rotatable bonds is 4. The lowest BCUT2D eigenvalue weighted by Gasteiger charge is -2.69. The molecule has 0 radical (unpaired) electrons. The maximum Gasteiger partial charge on any atom is 0.0835 e. The lowest BCUT2D eigenvalue weighted by molar-refractivity contribution is 0.630. The largest absolute Gasteiger partial charge is 0.0931 e. The molecular weight excluding hydrogens is 625 g/mol. The van der Waals surface area contributed by atoms with Crippen LogP contribution in [-0.2, 0) is 0 Å². The molecule has 260 valence electrons. The molecule has 0 nitrogen and oxygen atoms in total. The van der Waals surface area contributed by atoms with Gasteiger partial charge in [0.25, 0.3) is 0 Å². The molecule has 1 aliphatic rings. The molecule has 0 atom stereocenters. The second-order valence-corrected chi connectivity index (χ2v) is 61.5. The predicted octanol–water partition coefficient (Wildman–Crippen LogP) is 13.5. The third kappa shape index (κ3) is 5.95. The average Bonchev–Trinajstić information content (AvgIpc) is 2.65. The summed E-state index contributed by atoms with van der Waals surface area (Å²) in [6, 6.07) is 0. The van der Waals surface area contributed by atoms with Crippen molar-refractivity contribution >= 4 is 56.0 Å². The van der Waals surface area contributed by atoms with E-state index >= 15 is 0 Å². The lowest BCUT2D eigenvalue weighted by atomic mass is 10.2. The van der Waals surface area contributed by atoms with E-state index in [0.717, 1.165) is 0 Å². The molecule has 0 aromatic heterocycles. The van der Waals surface area contributed by atoms with E-state index in [1.54, 1.807) is 0 Å². The molecule has 0 saturated heterocycles. The van der Waals surface area contributed by atoms with Crippen LogP contribution in [0.3, 0.4) is 0 Å². The van der Waals surface area contributed by atoms with Crippen molar-refractivity contribution in [3.8, 4) is 0 Å². The van der Waals surface area contributed by atoms with E-state index in [0.29, 0.717) is 40.3 Å². The van der Waals surface area contributed by atoms with Gasteiger partial charge in [-0.05, 0) is 40.3 Å². The van der Waals surface area contributed by atoms with Crippen LogP contribution in [0.1, 0.15) is 166 Å². The molecule has 1 heterocycles. The molecule has 1 rings (SSSR count). The maximum absolute atomic E-state index is 2.95. The smallest absolute Gasteiger partial charge is 0.0835 e. The van der Waals surface area contributed by atoms with E-state index in [4.69, 9.17) is 0 Å². The maximum atomic E-state index is 2.95. The van der Waals surface area contributed by atoms with Gasteiger partial charge in [-0.15, -0.1) is 0 Å². The molecule has 0 aliphatic carbocycles. The monoisotopic (exact) mass is 709 g/mol. The van der Waals surface area contributed by atoms with E-state index in [-0.39, 0.29) is 0 Å². The standard InChI is InChI=1S/C38H84Si6/c1-31(2,3)41(25,32(4,5)6)29-39(43(27,35(13,14)15)36(16,17)18)30(42(26,33(7,8)9)34(10,11)12)40(29)44(28,37(19,20)21)38(22,23)24/h1-28H3. The van der Waals surface area contributed by atoms with Gasteiger partial charge in [-0.2, -0.15) is 0 Å². The van der Waals surface area contributed by atoms with Crippen molar-refractivity contribution in [3.05, 3.63) is 0 Å². The Kier molecular flexibility index (Phi) is 11.0. The zero-order valence-electron chi connectivity index (χ0n) is 36.0. The van der Waals surface area contributed by atoms with Gasteiger partial charge in [-0.25, -0.2) is 0 Å². The first-order chi connectivity index (χ1) is 18.5. The number of hydrogen-bond donors (Lipinski definition) is 0. The highest BCUT2D eigenvalue weighted by atomic mass is 29.3. The SMILES string of the molecule is CC(C)(C)[Si](C)(C1=[Si]([Si](C)(C(C)(C)C)C(C)(C)C)C([Si](C)(C(C)(C)C)C(C)(C)C)=[Si]1[Si](C)(C(C)(C)C)C(C)(C)C)C(C)(C)C. The van der Waals surface area contributed by atoms with Gasteiger partial charge in [0.2, 0.25) is 0 Å². The fourth-order valence-electron chi connectivity index (χ4n) is 9.94. The van der Waals surface area contributed by atoms with Crippen molar-refractivity contribution in [1.82, 2.24) is 0 Å². The van der Waals surface area contributed by atoms with Crippen LogP contribution in [0.5, 0.6) is 0 Å². The van der Waals surface area contributed by atoms with Crippen molar-refractivity contribution in [2.45, 2.75) is 233 Å². The minimum absolute atomic E-state index is 0.329. The summed E-state index contributed by atoms with van der Waals surface area (Å²) in [4.78, 5) is 0. The third-order valence-corrected chi connectivity index (χ3v) is 81.0. The summed E-state index contributed by atoms with van der Waals surface area (Å²) in [6.45, 7) is 76.2. The Morgan fingerprint density at radius 3 is 0.500 bits per heavy atom. The fourth-order valence-corrected chi connectivity index (χ4v) is 99.6. The van der Waals surface area contributed by atoms with Crippen LogP contribution in [0.15, 0.2) is 0 Å². The van der Waals surface area contributed by atoms with Crippen LogP contribution in [-0.4, -0.2) is 56.0 Å². The molecule has 0 aromatic carbocycles. The first-order valence-electron chi connectivity index (χ1n) is 18.0. The summed E-state index contributed by atoms with van der Waals surface area (Å²) < 4.78 is 4.71. The molecule has 0 amide bonds. The van der Waals surface area contributed by atoms with Gasteiger partial charge in [0.05, 0.1) is 31.3 Å². The van der Waals surface area contributed by atoms with E-state index in [9.17, 15) is 0 Å². The highest BCUT2D eigenvalue weighted by Gasteiger charge is 2.70. The first kappa shape index (κ1) is 43.1. The van der Waals surface area contributed by atoms with E-state index < -0.39 is 47.2 Å². The zero-order chi connectivity index (χ0) is 36.3. The third-order valence-electron chi connectivity index (χ3n) is 15.0. The summed E-state index contributed by atoms with van der Waals surface area (Å²) >= 11 is 0. The molecular formula is C38H84Si6. The quantitative estimate of drug-likeness (QED) is 0.255. The topological polar surface area (TPSA) is 0 Å². The Balaban J connectivity index is 5.26. The van der Waals surface area contributed by atoms with Gasteiger partial charge in [0.1, 0.15) is 0 Å². The summed E-state index contributed by atoms with van der Waals surface area (Å²) in [5.74, 6) is 0. The molecule has 6 heteroatoms. The lowest BCUT2D eigenvalue weighted by Crippen LogP contribution is -2.87. The number of hydrogen-bond acceptors (Lipinski definition) is 0. The molecule has 0 saturated carbocycles. The highest BCUT2D eigenvalue weighted by molar-refractivity contribution is 7.83. The van der Waals surface area contributed by atoms with Crippen LogP contribution in [0.25, 0.3) is 0 Å². The van der Waals surface area contributed by atoms with Crippen LogP contribution >= 0.6 is 0 Å². The van der Waals surface area contributed by atoms with Gasteiger partial charge in [-0.1, -0.05) is 201 Å². The molecule has 0 aromatic rings. The van der Waals surface area contributed by atoms with Crippen LogP contribution < -0.4 is 0 Å². The van der Waals surface area contributed by atoms with Crippen molar-refractivity contribution in [2.75, 3.05) is 0 Å². The van der Waals surface area contributed by atoms with Crippen molar-refractivity contribution in [2.24, 2.45) is 0 Å². The second-order valence-electron chi connectivity index (χ2n) is 24.0. The van der Waals surface area contributed by atoms with E-state index in [2.05, 4.69) is 201 Å². The Morgan fingerprint density at radius 1 is 0.273 bits per heavy atom. The highest BCUT2D eigenvalue weighted by Crippen LogP contribution is 2.63. The zero-order valence-corrected chi connectivity index (χ0v) is 42.0. The Labute approximate surface area is 287 Å². The summed E-state index contributed by atoms with van der Waals surface area (Å²) in [7, 11) is -9.62. The van der Waals surface area contributed by atoms with Crippen LogP contribution in [0.2, 0.25) is 66.5 Å². The van der Waals surface area contributed by atoms with Gasteiger partial charge in [-0.3, -0.25) is 0 Å². The average molecular weight is 710 g/mol. The van der Waals surface area contributed by atoms with Gasteiger partial charge in [0.15, 0.2) is 0 Å². The molecule has 0 fully saturated rings. The molecule has 0 bridgehead atoms. The summed E-state index contributed by atoms with van der Waals surface area (Å²) in [6.07, 6.45) is 0. The van der Waals surface area contributed by atoms with Crippen molar-refractivity contribution < 1.29 is 0 Å². The summed E-state index contributed by atoms with van der Waals surface area (Å²) in [5.41, 5.74) is 0. The van der Waals surface area contributed by atoms with E-state index in [1.165, 1.54) is 0 Å². The molecule has 44 heavy (non-hydrogen) atoms. The molecule has 0 spiro atoms. The van der Waals surface area contributed by atoms with Gasteiger partial charge in [0, 0.05) is 15.9 Å². The van der Waals surface area contributed by atoms with Crippen LogP contribution in [0.4, 0.5) is 0 Å².